The van der Waals surface area contributed by atoms with Gasteiger partial charge in [-0.3, -0.25) is 0 Å². The van der Waals surface area contributed by atoms with Gasteiger partial charge < -0.3 is 4.74 Å². The highest BCUT2D eigenvalue weighted by molar-refractivity contribution is 7.99. The number of aryl methyl sites for hydroxylation is 1. The first-order valence-corrected chi connectivity index (χ1v) is 7.10. The summed E-state index contributed by atoms with van der Waals surface area (Å²) in [6.07, 6.45) is 0. The van der Waals surface area contributed by atoms with Crippen molar-refractivity contribution < 1.29 is 4.74 Å². The summed E-state index contributed by atoms with van der Waals surface area (Å²) in [6.45, 7) is 2.11. The minimum Gasteiger partial charge on any atom is -0.455 e. The first-order valence-electron chi connectivity index (χ1n) is 6.29. The Bertz CT molecular complexity index is 792. The maximum atomic E-state index is 6.02. The van der Waals surface area contributed by atoms with Gasteiger partial charge in [-0.25, -0.2) is 0 Å². The van der Waals surface area contributed by atoms with E-state index in [0.717, 1.165) is 11.5 Å². The van der Waals surface area contributed by atoms with Crippen LogP contribution in [0.25, 0.3) is 10.8 Å². The molecule has 0 amide bonds. The molecule has 0 aliphatic carbocycles. The maximum Gasteiger partial charge on any atom is 0.142 e. The van der Waals surface area contributed by atoms with Crippen LogP contribution in [-0.4, -0.2) is 0 Å². The van der Waals surface area contributed by atoms with Crippen LogP contribution in [0.3, 0.4) is 0 Å². The monoisotopic (exact) mass is 264 g/mol. The highest BCUT2D eigenvalue weighted by Gasteiger charge is 2.18. The third-order valence-corrected chi connectivity index (χ3v) is 4.43. The fourth-order valence-electron chi connectivity index (χ4n) is 2.37. The zero-order chi connectivity index (χ0) is 12.8. The van der Waals surface area contributed by atoms with Crippen LogP contribution in [0.2, 0.25) is 0 Å². The van der Waals surface area contributed by atoms with E-state index in [2.05, 4.69) is 61.5 Å². The molecule has 0 saturated carbocycles. The van der Waals surface area contributed by atoms with Gasteiger partial charge in [0.25, 0.3) is 0 Å². The van der Waals surface area contributed by atoms with Crippen LogP contribution in [0.1, 0.15) is 5.56 Å². The van der Waals surface area contributed by atoms with E-state index in [-0.39, 0.29) is 0 Å². The third-order valence-electron chi connectivity index (χ3n) is 3.35. The van der Waals surface area contributed by atoms with Gasteiger partial charge in [0.05, 0.1) is 9.79 Å². The molecule has 3 aromatic carbocycles. The van der Waals surface area contributed by atoms with Crippen molar-refractivity contribution in [2.75, 3.05) is 0 Å². The van der Waals surface area contributed by atoms with E-state index in [1.54, 1.807) is 11.8 Å². The van der Waals surface area contributed by atoms with Crippen molar-refractivity contribution in [3.8, 4) is 11.5 Å². The molecule has 0 fully saturated rings. The summed E-state index contributed by atoms with van der Waals surface area (Å²) in [7, 11) is 0. The summed E-state index contributed by atoms with van der Waals surface area (Å²) >= 11 is 1.79. The molecule has 2 heteroatoms. The lowest BCUT2D eigenvalue weighted by atomic mass is 10.1. The highest BCUT2D eigenvalue weighted by atomic mass is 32.2. The molecule has 0 radical (unpaired) electrons. The lowest BCUT2D eigenvalue weighted by molar-refractivity contribution is 0.455. The Morgan fingerprint density at radius 2 is 1.53 bits per heavy atom. The lowest BCUT2D eigenvalue weighted by Crippen LogP contribution is -1.95. The number of ether oxygens (including phenoxy) is 1. The molecule has 1 aliphatic rings. The zero-order valence-electron chi connectivity index (χ0n) is 10.5. The molecule has 0 N–H and O–H groups in total. The second-order valence-electron chi connectivity index (χ2n) is 4.80. The summed E-state index contributed by atoms with van der Waals surface area (Å²) in [5.41, 5.74) is 1.26. The largest absolute Gasteiger partial charge is 0.455 e. The molecular formula is C17H12OS. The Morgan fingerprint density at radius 1 is 0.789 bits per heavy atom. The number of hydrogen-bond acceptors (Lipinski definition) is 2. The second kappa shape index (κ2) is 4.04. The fraction of sp³-hybridized carbons (Fsp3) is 0.0588. The van der Waals surface area contributed by atoms with Crippen LogP contribution in [0.4, 0.5) is 0 Å². The standard InChI is InChI=1S/C17H12OS/c1-11-6-7-14-16(8-11)19-17-10-13-5-3-2-4-12(13)9-15(17)18-14/h2-10H,1H3. The highest BCUT2D eigenvalue weighted by Crippen LogP contribution is 2.48. The number of benzene rings is 3. The van der Waals surface area contributed by atoms with Gasteiger partial charge in [0, 0.05) is 0 Å². The fourth-order valence-corrected chi connectivity index (χ4v) is 3.45. The average molecular weight is 264 g/mol. The summed E-state index contributed by atoms with van der Waals surface area (Å²) in [4.78, 5) is 2.39. The molecule has 3 aromatic rings. The van der Waals surface area contributed by atoms with Gasteiger partial charge in [0.15, 0.2) is 0 Å². The Kier molecular flexibility index (Phi) is 2.32. The molecular weight excluding hydrogens is 252 g/mol. The van der Waals surface area contributed by atoms with Crippen molar-refractivity contribution in [2.45, 2.75) is 16.7 Å². The summed E-state index contributed by atoms with van der Waals surface area (Å²) in [6, 6.07) is 19.0. The van der Waals surface area contributed by atoms with Crippen molar-refractivity contribution in [1.29, 1.82) is 0 Å². The quantitative estimate of drug-likeness (QED) is 0.420. The molecule has 0 bridgehead atoms. The van der Waals surface area contributed by atoms with Crippen LogP contribution in [-0.2, 0) is 0 Å². The summed E-state index contributed by atoms with van der Waals surface area (Å²) < 4.78 is 6.02. The van der Waals surface area contributed by atoms with Gasteiger partial charge in [-0.05, 0) is 47.5 Å². The van der Waals surface area contributed by atoms with Crippen molar-refractivity contribution in [1.82, 2.24) is 0 Å². The van der Waals surface area contributed by atoms with Crippen molar-refractivity contribution in [2.24, 2.45) is 0 Å². The molecule has 0 atom stereocenters. The average Bonchev–Trinajstić information content (AvgIpc) is 2.43. The molecule has 1 aliphatic heterocycles. The van der Waals surface area contributed by atoms with E-state index in [1.807, 2.05) is 0 Å². The number of fused-ring (bicyclic) bond motifs is 3. The lowest BCUT2D eigenvalue weighted by Gasteiger charge is -2.20. The summed E-state index contributed by atoms with van der Waals surface area (Å²) in [5, 5.41) is 2.48. The van der Waals surface area contributed by atoms with Crippen LogP contribution in [0, 0.1) is 6.92 Å². The van der Waals surface area contributed by atoms with Crippen LogP contribution >= 0.6 is 11.8 Å². The third kappa shape index (κ3) is 1.80. The molecule has 92 valence electrons. The first-order chi connectivity index (χ1) is 9.29. The number of rotatable bonds is 0. The molecule has 4 rings (SSSR count). The smallest absolute Gasteiger partial charge is 0.142 e. The van der Waals surface area contributed by atoms with Crippen molar-refractivity contribution in [3.63, 3.8) is 0 Å². The normalized spacial score (nSPS) is 12.7. The predicted molar refractivity (Wildman–Crippen MR) is 79.3 cm³/mol. The predicted octanol–water partition coefficient (Wildman–Crippen LogP) is 5.41. The van der Waals surface area contributed by atoms with Crippen LogP contribution in [0.5, 0.6) is 11.5 Å². The topological polar surface area (TPSA) is 9.23 Å². The molecule has 0 unspecified atom stereocenters. The molecule has 1 nitrogen and oxygen atoms in total. The SMILES string of the molecule is Cc1ccc2c(c1)Sc1cc3ccccc3cc1O2. The van der Waals surface area contributed by atoms with Gasteiger partial charge in [0.2, 0.25) is 0 Å². The molecule has 19 heavy (non-hydrogen) atoms. The zero-order valence-corrected chi connectivity index (χ0v) is 11.3. The Labute approximate surface area is 116 Å². The molecule has 0 spiro atoms. The molecule has 1 heterocycles. The second-order valence-corrected chi connectivity index (χ2v) is 5.88. The van der Waals surface area contributed by atoms with Crippen molar-refractivity contribution in [3.05, 3.63) is 60.2 Å². The maximum absolute atomic E-state index is 6.02. The first kappa shape index (κ1) is 10.9. The van der Waals surface area contributed by atoms with Gasteiger partial charge >= 0.3 is 0 Å². The minimum atomic E-state index is 0.957. The van der Waals surface area contributed by atoms with Crippen molar-refractivity contribution >= 4 is 22.5 Å². The van der Waals surface area contributed by atoms with E-state index in [0.29, 0.717) is 0 Å². The molecule has 0 aromatic heterocycles. The van der Waals surface area contributed by atoms with Crippen LogP contribution < -0.4 is 4.74 Å². The van der Waals surface area contributed by atoms with Gasteiger partial charge in [0.1, 0.15) is 11.5 Å². The Balaban J connectivity index is 1.90. The Hall–Kier alpha value is -1.93. The summed E-state index contributed by atoms with van der Waals surface area (Å²) in [5.74, 6) is 1.92. The van der Waals surface area contributed by atoms with E-state index in [1.165, 1.54) is 26.1 Å². The van der Waals surface area contributed by atoms with Gasteiger partial charge in [-0.1, -0.05) is 42.1 Å². The molecule has 0 saturated heterocycles. The van der Waals surface area contributed by atoms with Crippen LogP contribution in [0.15, 0.2) is 64.4 Å². The minimum absolute atomic E-state index is 0.957. The number of hydrogen-bond donors (Lipinski definition) is 0. The Morgan fingerprint density at radius 3 is 2.37 bits per heavy atom. The van der Waals surface area contributed by atoms with E-state index < -0.39 is 0 Å². The van der Waals surface area contributed by atoms with Gasteiger partial charge in [-0.15, -0.1) is 0 Å². The van der Waals surface area contributed by atoms with E-state index in [4.69, 9.17) is 4.74 Å². The van der Waals surface area contributed by atoms with Gasteiger partial charge in [-0.2, -0.15) is 0 Å². The van der Waals surface area contributed by atoms with E-state index >= 15 is 0 Å². The van der Waals surface area contributed by atoms with E-state index in [9.17, 15) is 0 Å².